The van der Waals surface area contributed by atoms with Gasteiger partial charge in [0, 0.05) is 39.3 Å². The largest absolute Gasteiger partial charge is 0.356 e. The van der Waals surface area contributed by atoms with E-state index >= 15 is 0 Å². The number of nitrogens with one attached hydrogen (secondary N) is 2. The Balaban J connectivity index is 0.00000264. The molecule has 1 aromatic carbocycles. The highest BCUT2D eigenvalue weighted by Crippen LogP contribution is 2.13. The van der Waals surface area contributed by atoms with Gasteiger partial charge in [-0.1, -0.05) is 44.2 Å². The van der Waals surface area contributed by atoms with E-state index in [1.54, 1.807) is 0 Å². The Morgan fingerprint density at radius 2 is 1.87 bits per heavy atom. The zero-order valence-electron chi connectivity index (χ0n) is 14.6. The Kier molecular flexibility index (Phi) is 9.55. The fourth-order valence-electron chi connectivity index (χ4n) is 2.77. The van der Waals surface area contributed by atoms with E-state index in [0.717, 1.165) is 32.1 Å². The summed E-state index contributed by atoms with van der Waals surface area (Å²) in [6, 6.07) is 11.3. The van der Waals surface area contributed by atoms with Gasteiger partial charge < -0.3 is 10.6 Å². The van der Waals surface area contributed by atoms with E-state index in [0.29, 0.717) is 12.0 Å². The number of likely N-dealkylation sites (tertiary alicyclic amines) is 1. The van der Waals surface area contributed by atoms with Crippen LogP contribution in [-0.2, 0) is 6.54 Å². The number of guanidine groups is 1. The number of hydrogen-bond donors (Lipinski definition) is 2. The number of hydrogen-bond acceptors (Lipinski definition) is 2. The van der Waals surface area contributed by atoms with E-state index in [1.807, 2.05) is 7.05 Å². The molecular formula is C18H31IN4. The monoisotopic (exact) mass is 430 g/mol. The minimum atomic E-state index is 0. The van der Waals surface area contributed by atoms with Crippen molar-refractivity contribution in [3.8, 4) is 0 Å². The van der Waals surface area contributed by atoms with E-state index in [1.165, 1.54) is 18.4 Å². The first-order chi connectivity index (χ1) is 10.7. The lowest BCUT2D eigenvalue weighted by molar-refractivity contribution is 0.198. The Labute approximate surface area is 158 Å². The molecule has 23 heavy (non-hydrogen) atoms. The summed E-state index contributed by atoms with van der Waals surface area (Å²) in [5.41, 5.74) is 1.41. The van der Waals surface area contributed by atoms with Gasteiger partial charge in [0.15, 0.2) is 5.96 Å². The molecule has 1 aromatic rings. The summed E-state index contributed by atoms with van der Waals surface area (Å²) in [5.74, 6) is 1.57. The van der Waals surface area contributed by atoms with Gasteiger partial charge in [0.2, 0.25) is 0 Å². The number of nitrogens with zero attached hydrogens (tertiary/aromatic N) is 2. The van der Waals surface area contributed by atoms with Crippen molar-refractivity contribution in [2.45, 2.75) is 39.3 Å². The van der Waals surface area contributed by atoms with Crippen molar-refractivity contribution in [1.29, 1.82) is 0 Å². The predicted octanol–water partition coefficient (Wildman–Crippen LogP) is 3.09. The molecule has 1 fully saturated rings. The van der Waals surface area contributed by atoms with E-state index < -0.39 is 0 Å². The van der Waals surface area contributed by atoms with Crippen molar-refractivity contribution >= 4 is 29.9 Å². The highest BCUT2D eigenvalue weighted by atomic mass is 127. The third kappa shape index (κ3) is 7.52. The van der Waals surface area contributed by atoms with Gasteiger partial charge in [-0.15, -0.1) is 24.0 Å². The second-order valence-corrected chi connectivity index (χ2v) is 6.53. The van der Waals surface area contributed by atoms with Crippen molar-refractivity contribution in [2.24, 2.45) is 10.9 Å². The molecule has 0 saturated carbocycles. The van der Waals surface area contributed by atoms with Crippen LogP contribution in [0.4, 0.5) is 0 Å². The van der Waals surface area contributed by atoms with Crippen LogP contribution in [0.5, 0.6) is 0 Å². The summed E-state index contributed by atoms with van der Waals surface area (Å²) in [5, 5.41) is 6.95. The summed E-state index contributed by atoms with van der Waals surface area (Å²) in [6.07, 6.45) is 2.35. The maximum absolute atomic E-state index is 4.32. The van der Waals surface area contributed by atoms with Gasteiger partial charge in [0.1, 0.15) is 0 Å². The molecule has 0 spiro atoms. The van der Waals surface area contributed by atoms with Crippen LogP contribution in [0, 0.1) is 5.92 Å². The lowest BCUT2D eigenvalue weighted by Gasteiger charge is -2.33. The summed E-state index contributed by atoms with van der Waals surface area (Å²) in [4.78, 5) is 6.86. The van der Waals surface area contributed by atoms with Gasteiger partial charge in [-0.05, 0) is 24.3 Å². The standard InChI is InChI=1S/C18H30N4.HI/c1-15(2)13-20-18(19-3)21-17-9-11-22(12-10-17)14-16-7-5-4-6-8-16;/h4-8,15,17H,9-14H2,1-3H3,(H2,19,20,21);1H. The number of aliphatic imine (C=N–C) groups is 1. The number of piperidine rings is 1. The zero-order valence-corrected chi connectivity index (χ0v) is 16.9. The van der Waals surface area contributed by atoms with E-state index in [4.69, 9.17) is 0 Å². The number of halogens is 1. The quantitative estimate of drug-likeness (QED) is 0.429. The van der Waals surface area contributed by atoms with E-state index in [-0.39, 0.29) is 24.0 Å². The molecule has 0 aromatic heterocycles. The van der Waals surface area contributed by atoms with E-state index in [2.05, 4.69) is 64.7 Å². The van der Waals surface area contributed by atoms with E-state index in [9.17, 15) is 0 Å². The minimum absolute atomic E-state index is 0. The molecule has 1 aliphatic rings. The third-order valence-corrected chi connectivity index (χ3v) is 4.08. The SMILES string of the molecule is CN=C(NCC(C)C)NC1CCN(Cc2ccccc2)CC1.I. The molecule has 5 heteroatoms. The predicted molar refractivity (Wildman–Crippen MR) is 109 cm³/mol. The van der Waals surface area contributed by atoms with Crippen LogP contribution in [0.2, 0.25) is 0 Å². The maximum atomic E-state index is 4.32. The van der Waals surface area contributed by atoms with Crippen LogP contribution in [0.25, 0.3) is 0 Å². The molecule has 0 unspecified atom stereocenters. The van der Waals surface area contributed by atoms with Crippen molar-refractivity contribution in [1.82, 2.24) is 15.5 Å². The first-order valence-electron chi connectivity index (χ1n) is 8.41. The fraction of sp³-hybridized carbons (Fsp3) is 0.611. The average Bonchev–Trinajstić information content (AvgIpc) is 2.54. The topological polar surface area (TPSA) is 39.7 Å². The Bertz CT molecular complexity index is 453. The molecule has 0 bridgehead atoms. The first-order valence-corrected chi connectivity index (χ1v) is 8.41. The first kappa shape index (κ1) is 20.2. The summed E-state index contributed by atoms with van der Waals surface area (Å²) < 4.78 is 0. The molecule has 1 aliphatic heterocycles. The zero-order chi connectivity index (χ0) is 15.8. The van der Waals surface area contributed by atoms with Crippen LogP contribution in [-0.4, -0.2) is 43.6 Å². The molecule has 0 atom stereocenters. The highest BCUT2D eigenvalue weighted by Gasteiger charge is 2.19. The van der Waals surface area contributed by atoms with Gasteiger partial charge in [0.05, 0.1) is 0 Å². The van der Waals surface area contributed by atoms with Gasteiger partial charge in [-0.2, -0.15) is 0 Å². The summed E-state index contributed by atoms with van der Waals surface area (Å²) in [6.45, 7) is 8.74. The van der Waals surface area contributed by atoms with Crippen LogP contribution in [0.1, 0.15) is 32.3 Å². The smallest absolute Gasteiger partial charge is 0.191 e. The average molecular weight is 430 g/mol. The second kappa shape index (κ2) is 10.9. The molecule has 4 nitrogen and oxygen atoms in total. The van der Waals surface area contributed by atoms with Crippen LogP contribution in [0.3, 0.4) is 0 Å². The van der Waals surface area contributed by atoms with Crippen LogP contribution >= 0.6 is 24.0 Å². The molecule has 0 radical (unpaired) electrons. The Morgan fingerprint density at radius 1 is 1.22 bits per heavy atom. The lowest BCUT2D eigenvalue weighted by atomic mass is 10.0. The molecule has 1 heterocycles. The Morgan fingerprint density at radius 3 is 2.43 bits per heavy atom. The Hall–Kier alpha value is -0.820. The van der Waals surface area contributed by atoms with Crippen LogP contribution in [0.15, 0.2) is 35.3 Å². The van der Waals surface area contributed by atoms with Crippen LogP contribution < -0.4 is 10.6 Å². The summed E-state index contributed by atoms with van der Waals surface area (Å²) in [7, 11) is 1.85. The minimum Gasteiger partial charge on any atom is -0.356 e. The normalized spacial score (nSPS) is 17.0. The van der Waals surface area contributed by atoms with Gasteiger partial charge in [-0.3, -0.25) is 9.89 Å². The lowest BCUT2D eigenvalue weighted by Crippen LogP contribution is -2.49. The molecule has 2 rings (SSSR count). The van der Waals surface area contributed by atoms with Gasteiger partial charge >= 0.3 is 0 Å². The third-order valence-electron chi connectivity index (χ3n) is 4.08. The molecule has 1 saturated heterocycles. The summed E-state index contributed by atoms with van der Waals surface area (Å²) >= 11 is 0. The highest BCUT2D eigenvalue weighted by molar-refractivity contribution is 14.0. The molecule has 2 N–H and O–H groups in total. The van der Waals surface area contributed by atoms with Gasteiger partial charge in [0.25, 0.3) is 0 Å². The molecule has 130 valence electrons. The fourth-order valence-corrected chi connectivity index (χ4v) is 2.77. The number of benzene rings is 1. The van der Waals surface area contributed by atoms with Crippen molar-refractivity contribution < 1.29 is 0 Å². The molecule has 0 aliphatic carbocycles. The molecular weight excluding hydrogens is 399 g/mol. The van der Waals surface area contributed by atoms with Crippen molar-refractivity contribution in [3.05, 3.63) is 35.9 Å². The molecule has 0 amide bonds. The van der Waals surface area contributed by atoms with Gasteiger partial charge in [-0.25, -0.2) is 0 Å². The van der Waals surface area contributed by atoms with Crippen molar-refractivity contribution in [3.63, 3.8) is 0 Å². The van der Waals surface area contributed by atoms with Crippen molar-refractivity contribution in [2.75, 3.05) is 26.7 Å². The maximum Gasteiger partial charge on any atom is 0.191 e. The second-order valence-electron chi connectivity index (χ2n) is 6.53. The number of rotatable bonds is 5.